The van der Waals surface area contributed by atoms with E-state index in [0.29, 0.717) is 22.1 Å². The summed E-state index contributed by atoms with van der Waals surface area (Å²) in [6, 6.07) is 15.2. The number of benzene rings is 2. The topological polar surface area (TPSA) is 81.4 Å². The molecule has 4 aromatic rings. The van der Waals surface area contributed by atoms with E-state index >= 15 is 0 Å². The van der Waals surface area contributed by atoms with Gasteiger partial charge >= 0.3 is 0 Å². The second kappa shape index (κ2) is 8.08. The third-order valence-electron chi connectivity index (χ3n) is 4.43. The van der Waals surface area contributed by atoms with Gasteiger partial charge in [0.2, 0.25) is 5.91 Å². The van der Waals surface area contributed by atoms with Crippen LogP contribution in [0.5, 0.6) is 5.75 Å². The van der Waals surface area contributed by atoms with Crippen LogP contribution in [0.2, 0.25) is 0 Å². The number of nitrogens with one attached hydrogen (secondary N) is 1. The monoisotopic (exact) mass is 407 g/mol. The van der Waals surface area contributed by atoms with Gasteiger partial charge in [0.25, 0.3) is 0 Å². The van der Waals surface area contributed by atoms with Gasteiger partial charge in [-0.3, -0.25) is 9.20 Å². The zero-order valence-electron chi connectivity index (χ0n) is 16.4. The van der Waals surface area contributed by atoms with Gasteiger partial charge in [-0.2, -0.15) is 0 Å². The Kier molecular flexibility index (Phi) is 5.35. The van der Waals surface area contributed by atoms with Crippen molar-refractivity contribution in [3.8, 4) is 5.75 Å². The molecule has 148 valence electrons. The fourth-order valence-electron chi connectivity index (χ4n) is 3.08. The molecule has 0 aliphatic carbocycles. The van der Waals surface area contributed by atoms with Gasteiger partial charge in [0.05, 0.1) is 23.9 Å². The summed E-state index contributed by atoms with van der Waals surface area (Å²) in [5, 5.41) is 12.3. The average Bonchev–Trinajstić information content (AvgIpc) is 3.18. The van der Waals surface area contributed by atoms with Crippen LogP contribution in [0.1, 0.15) is 25.6 Å². The number of amides is 1. The van der Waals surface area contributed by atoms with E-state index in [9.17, 15) is 4.79 Å². The number of thioether (sulfide) groups is 1. The van der Waals surface area contributed by atoms with Crippen molar-refractivity contribution in [3.05, 3.63) is 54.4 Å². The Morgan fingerprint density at radius 2 is 2.00 bits per heavy atom. The van der Waals surface area contributed by atoms with Crippen molar-refractivity contribution in [2.24, 2.45) is 0 Å². The summed E-state index contributed by atoms with van der Waals surface area (Å²) in [6.45, 7) is 4.17. The molecule has 0 bridgehead atoms. The van der Waals surface area contributed by atoms with Crippen molar-refractivity contribution >= 4 is 40.0 Å². The largest absolute Gasteiger partial charge is 0.497 e. The van der Waals surface area contributed by atoms with Crippen LogP contribution in [-0.2, 0) is 4.79 Å². The van der Waals surface area contributed by atoms with E-state index < -0.39 is 0 Å². The number of rotatable bonds is 6. The van der Waals surface area contributed by atoms with Gasteiger partial charge in [-0.05, 0) is 24.3 Å². The minimum atomic E-state index is -0.125. The van der Waals surface area contributed by atoms with Gasteiger partial charge < -0.3 is 10.1 Å². The lowest BCUT2D eigenvalue weighted by Gasteiger charge is -2.10. The Hall–Kier alpha value is -3.13. The lowest BCUT2D eigenvalue weighted by Crippen LogP contribution is -2.14. The third kappa shape index (κ3) is 3.88. The number of aromatic nitrogens is 4. The maximum Gasteiger partial charge on any atom is 0.234 e. The van der Waals surface area contributed by atoms with Crippen LogP contribution in [0.25, 0.3) is 16.7 Å². The van der Waals surface area contributed by atoms with Crippen LogP contribution in [0, 0.1) is 0 Å². The van der Waals surface area contributed by atoms with E-state index in [1.165, 1.54) is 11.8 Å². The highest BCUT2D eigenvalue weighted by atomic mass is 32.2. The number of carbonyl (C=O) groups is 1. The summed E-state index contributed by atoms with van der Waals surface area (Å²) in [7, 11) is 1.59. The molecule has 29 heavy (non-hydrogen) atoms. The Bertz CT molecular complexity index is 1190. The number of nitrogens with zero attached hydrogens (tertiary/aromatic N) is 4. The first-order valence-corrected chi connectivity index (χ1v) is 10.3. The van der Waals surface area contributed by atoms with E-state index in [0.717, 1.165) is 16.9 Å². The molecule has 2 aromatic heterocycles. The fraction of sp³-hybridized carbons (Fsp3) is 0.238. The summed E-state index contributed by atoms with van der Waals surface area (Å²) in [5.74, 6) is 1.87. The predicted molar refractivity (Wildman–Crippen MR) is 115 cm³/mol. The minimum absolute atomic E-state index is 0.125. The van der Waals surface area contributed by atoms with E-state index in [-0.39, 0.29) is 17.6 Å². The first kappa shape index (κ1) is 19.2. The molecule has 0 aliphatic heterocycles. The SMILES string of the molecule is COc1cccc(NC(=O)CSc2nc3ccccc3n3c(C(C)C)nnc23)c1. The molecule has 0 spiro atoms. The van der Waals surface area contributed by atoms with Crippen LogP contribution < -0.4 is 10.1 Å². The Balaban J connectivity index is 1.61. The van der Waals surface area contributed by atoms with Gasteiger partial charge in [-0.15, -0.1) is 10.2 Å². The third-order valence-corrected chi connectivity index (χ3v) is 5.39. The van der Waals surface area contributed by atoms with Crippen molar-refractivity contribution in [2.45, 2.75) is 24.8 Å². The van der Waals surface area contributed by atoms with Gasteiger partial charge in [0.15, 0.2) is 5.65 Å². The summed E-state index contributed by atoms with van der Waals surface area (Å²) in [5.41, 5.74) is 3.17. The van der Waals surface area contributed by atoms with Crippen LogP contribution in [-0.4, -0.2) is 38.4 Å². The molecule has 2 heterocycles. The van der Waals surface area contributed by atoms with Crippen molar-refractivity contribution in [3.63, 3.8) is 0 Å². The van der Waals surface area contributed by atoms with Crippen molar-refractivity contribution in [1.29, 1.82) is 0 Å². The zero-order chi connectivity index (χ0) is 20.4. The maximum absolute atomic E-state index is 12.5. The Morgan fingerprint density at radius 3 is 2.79 bits per heavy atom. The normalized spacial score (nSPS) is 11.3. The molecule has 8 heteroatoms. The zero-order valence-corrected chi connectivity index (χ0v) is 17.2. The molecule has 0 fully saturated rings. The molecule has 1 amide bonds. The summed E-state index contributed by atoms with van der Waals surface area (Å²) in [4.78, 5) is 17.2. The molecular weight excluding hydrogens is 386 g/mol. The van der Waals surface area contributed by atoms with Crippen molar-refractivity contribution in [1.82, 2.24) is 19.6 Å². The highest BCUT2D eigenvalue weighted by molar-refractivity contribution is 8.00. The molecule has 0 unspecified atom stereocenters. The molecule has 1 N–H and O–H groups in total. The molecule has 0 aliphatic rings. The lowest BCUT2D eigenvalue weighted by atomic mass is 10.2. The molecule has 0 atom stereocenters. The summed E-state index contributed by atoms with van der Waals surface area (Å²) >= 11 is 1.35. The van der Waals surface area contributed by atoms with Crippen LogP contribution in [0.15, 0.2) is 53.6 Å². The van der Waals surface area contributed by atoms with Crippen molar-refractivity contribution < 1.29 is 9.53 Å². The highest BCUT2D eigenvalue weighted by Crippen LogP contribution is 2.28. The number of para-hydroxylation sites is 2. The van der Waals surface area contributed by atoms with E-state index in [1.54, 1.807) is 13.2 Å². The number of anilines is 1. The average molecular weight is 407 g/mol. The molecule has 0 radical (unpaired) electrons. The van der Waals surface area contributed by atoms with Gasteiger partial charge in [0, 0.05) is 17.7 Å². The standard InChI is InChI=1S/C21H21N5O2S/c1-13(2)19-24-25-20-21(23-16-9-4-5-10-17(16)26(19)20)29-12-18(27)22-14-7-6-8-15(11-14)28-3/h4-11,13H,12H2,1-3H3,(H,22,27). The van der Waals surface area contributed by atoms with Crippen molar-refractivity contribution in [2.75, 3.05) is 18.2 Å². The quantitative estimate of drug-likeness (QED) is 0.484. The Labute approximate surface area is 172 Å². The second-order valence-corrected chi connectivity index (χ2v) is 7.81. The number of fused-ring (bicyclic) bond motifs is 3. The van der Waals surface area contributed by atoms with E-state index in [1.807, 2.05) is 46.9 Å². The Morgan fingerprint density at radius 1 is 1.17 bits per heavy atom. The molecule has 2 aromatic carbocycles. The predicted octanol–water partition coefficient (Wildman–Crippen LogP) is 4.14. The minimum Gasteiger partial charge on any atom is -0.497 e. The number of carbonyl (C=O) groups excluding carboxylic acids is 1. The molecule has 7 nitrogen and oxygen atoms in total. The maximum atomic E-state index is 12.5. The van der Waals surface area contributed by atoms with Crippen LogP contribution in [0.3, 0.4) is 0 Å². The van der Waals surface area contributed by atoms with Gasteiger partial charge in [-0.1, -0.05) is 43.8 Å². The number of hydrogen-bond acceptors (Lipinski definition) is 6. The smallest absolute Gasteiger partial charge is 0.234 e. The van der Waals surface area contributed by atoms with E-state index in [2.05, 4.69) is 29.4 Å². The number of methoxy groups -OCH3 is 1. The molecular formula is C21H21N5O2S. The fourth-order valence-corrected chi connectivity index (χ4v) is 3.85. The molecule has 4 rings (SSSR count). The first-order chi connectivity index (χ1) is 14.1. The van der Waals surface area contributed by atoms with E-state index in [4.69, 9.17) is 9.72 Å². The summed E-state index contributed by atoms with van der Waals surface area (Å²) < 4.78 is 7.23. The van der Waals surface area contributed by atoms with Crippen LogP contribution >= 0.6 is 11.8 Å². The lowest BCUT2D eigenvalue weighted by molar-refractivity contribution is -0.113. The second-order valence-electron chi connectivity index (χ2n) is 6.85. The highest BCUT2D eigenvalue weighted by Gasteiger charge is 2.18. The molecule has 0 saturated carbocycles. The summed E-state index contributed by atoms with van der Waals surface area (Å²) in [6.07, 6.45) is 0. The molecule has 0 saturated heterocycles. The number of ether oxygens (including phenoxy) is 1. The van der Waals surface area contributed by atoms with Gasteiger partial charge in [-0.25, -0.2) is 4.98 Å². The first-order valence-electron chi connectivity index (χ1n) is 9.27. The van der Waals surface area contributed by atoms with Gasteiger partial charge in [0.1, 0.15) is 16.6 Å². The number of hydrogen-bond donors (Lipinski definition) is 1. The van der Waals surface area contributed by atoms with Crippen LogP contribution in [0.4, 0.5) is 5.69 Å².